The largest absolute Gasteiger partial charge is 0.351 e. The third kappa shape index (κ3) is 2.37. The first-order valence-corrected chi connectivity index (χ1v) is 7.99. The number of rotatable bonds is 2. The molecule has 3 aromatic rings. The maximum Gasteiger partial charge on any atom is 0.155 e. The molecule has 1 aliphatic rings. The van der Waals surface area contributed by atoms with Gasteiger partial charge >= 0.3 is 0 Å². The minimum Gasteiger partial charge on any atom is -0.351 e. The lowest BCUT2D eigenvalue weighted by molar-refractivity contribution is 0.419. The SMILES string of the molecule is CC1C(N)CCCN1c1nc(-c2cnn(C)c2)cn2nccc12. The number of fused-ring (bicyclic) bond motifs is 1. The zero-order valence-electron chi connectivity index (χ0n) is 13.4. The molecule has 1 aliphatic heterocycles. The smallest absolute Gasteiger partial charge is 0.155 e. The van der Waals surface area contributed by atoms with Crippen molar-refractivity contribution in [1.29, 1.82) is 0 Å². The lowest BCUT2D eigenvalue weighted by atomic mass is 9.98. The summed E-state index contributed by atoms with van der Waals surface area (Å²) >= 11 is 0. The van der Waals surface area contributed by atoms with Crippen LogP contribution in [0.3, 0.4) is 0 Å². The first kappa shape index (κ1) is 14.2. The number of anilines is 1. The van der Waals surface area contributed by atoms with E-state index in [9.17, 15) is 0 Å². The minimum absolute atomic E-state index is 0.176. The van der Waals surface area contributed by atoms with Crippen LogP contribution in [0.4, 0.5) is 5.82 Å². The minimum atomic E-state index is 0.176. The first-order valence-electron chi connectivity index (χ1n) is 7.99. The van der Waals surface area contributed by atoms with Gasteiger partial charge in [0.2, 0.25) is 0 Å². The molecule has 120 valence electrons. The quantitative estimate of drug-likeness (QED) is 0.775. The van der Waals surface area contributed by atoms with Crippen LogP contribution in [-0.4, -0.2) is 43.0 Å². The van der Waals surface area contributed by atoms with Gasteiger partial charge in [0.15, 0.2) is 5.82 Å². The second kappa shape index (κ2) is 5.34. The lowest BCUT2D eigenvalue weighted by Gasteiger charge is -2.38. The zero-order valence-corrected chi connectivity index (χ0v) is 13.4. The van der Waals surface area contributed by atoms with Gasteiger partial charge in [-0.25, -0.2) is 9.50 Å². The van der Waals surface area contributed by atoms with Crippen LogP contribution < -0.4 is 10.6 Å². The van der Waals surface area contributed by atoms with Gasteiger partial charge in [0.05, 0.1) is 24.3 Å². The van der Waals surface area contributed by atoms with E-state index in [1.54, 1.807) is 4.68 Å². The van der Waals surface area contributed by atoms with Crippen molar-refractivity contribution in [3.63, 3.8) is 0 Å². The Morgan fingerprint density at radius 2 is 2.13 bits per heavy atom. The monoisotopic (exact) mass is 311 g/mol. The van der Waals surface area contributed by atoms with Crippen molar-refractivity contribution >= 4 is 11.3 Å². The topological polar surface area (TPSA) is 77.3 Å². The Kier molecular flexibility index (Phi) is 3.30. The molecule has 4 heterocycles. The number of nitrogens with zero attached hydrogens (tertiary/aromatic N) is 6. The van der Waals surface area contributed by atoms with Crippen LogP contribution in [0.2, 0.25) is 0 Å². The summed E-state index contributed by atoms with van der Waals surface area (Å²) in [5.41, 5.74) is 9.14. The molecule has 2 N–H and O–H groups in total. The van der Waals surface area contributed by atoms with Gasteiger partial charge in [-0.1, -0.05) is 0 Å². The summed E-state index contributed by atoms with van der Waals surface area (Å²) in [5, 5.41) is 8.65. The van der Waals surface area contributed by atoms with Crippen LogP contribution in [0.25, 0.3) is 16.8 Å². The molecule has 0 aliphatic carbocycles. The Balaban J connectivity index is 1.86. The van der Waals surface area contributed by atoms with Gasteiger partial charge in [0.25, 0.3) is 0 Å². The molecule has 0 aromatic carbocycles. The average molecular weight is 311 g/mol. The van der Waals surface area contributed by atoms with Gasteiger partial charge in [-0.2, -0.15) is 10.2 Å². The highest BCUT2D eigenvalue weighted by atomic mass is 15.3. The van der Waals surface area contributed by atoms with E-state index in [-0.39, 0.29) is 12.1 Å². The molecule has 0 spiro atoms. The fourth-order valence-electron chi connectivity index (χ4n) is 3.29. The summed E-state index contributed by atoms with van der Waals surface area (Å²) < 4.78 is 3.67. The molecule has 0 amide bonds. The Morgan fingerprint density at radius 3 is 2.91 bits per heavy atom. The van der Waals surface area contributed by atoms with E-state index in [0.29, 0.717) is 0 Å². The van der Waals surface area contributed by atoms with Crippen LogP contribution in [-0.2, 0) is 7.05 Å². The van der Waals surface area contributed by atoms with Crippen molar-refractivity contribution in [3.05, 3.63) is 30.9 Å². The summed E-state index contributed by atoms with van der Waals surface area (Å²) in [4.78, 5) is 7.23. The van der Waals surface area contributed by atoms with E-state index < -0.39 is 0 Å². The molecular formula is C16H21N7. The van der Waals surface area contributed by atoms with Crippen LogP contribution in [0, 0.1) is 0 Å². The predicted molar refractivity (Wildman–Crippen MR) is 89.2 cm³/mol. The molecule has 3 aromatic heterocycles. The molecule has 7 heteroatoms. The molecule has 0 bridgehead atoms. The normalized spacial score (nSPS) is 22.0. The maximum atomic E-state index is 6.27. The number of aromatic nitrogens is 5. The van der Waals surface area contributed by atoms with E-state index >= 15 is 0 Å². The molecule has 0 radical (unpaired) electrons. The third-order valence-electron chi connectivity index (χ3n) is 4.69. The molecule has 1 fully saturated rings. The number of piperidine rings is 1. The zero-order chi connectivity index (χ0) is 16.0. The van der Waals surface area contributed by atoms with E-state index in [0.717, 1.165) is 42.0 Å². The number of aryl methyl sites for hydroxylation is 1. The third-order valence-corrected chi connectivity index (χ3v) is 4.69. The Bertz CT molecular complexity index is 834. The van der Waals surface area contributed by atoms with Crippen molar-refractivity contribution in [2.24, 2.45) is 12.8 Å². The van der Waals surface area contributed by atoms with Gasteiger partial charge in [-0.15, -0.1) is 0 Å². The van der Waals surface area contributed by atoms with Gasteiger partial charge in [0.1, 0.15) is 5.52 Å². The molecule has 7 nitrogen and oxygen atoms in total. The van der Waals surface area contributed by atoms with Crippen molar-refractivity contribution in [1.82, 2.24) is 24.4 Å². The van der Waals surface area contributed by atoms with Crippen LogP contribution in [0.15, 0.2) is 30.9 Å². The molecule has 0 saturated carbocycles. The number of hydrogen-bond donors (Lipinski definition) is 1. The van der Waals surface area contributed by atoms with Crippen molar-refractivity contribution in [2.45, 2.75) is 31.8 Å². The van der Waals surface area contributed by atoms with E-state index in [2.05, 4.69) is 22.0 Å². The van der Waals surface area contributed by atoms with Gasteiger partial charge in [-0.3, -0.25) is 4.68 Å². The highest BCUT2D eigenvalue weighted by Gasteiger charge is 2.28. The Morgan fingerprint density at radius 1 is 1.26 bits per heavy atom. The molecule has 2 atom stereocenters. The highest BCUT2D eigenvalue weighted by Crippen LogP contribution is 2.29. The van der Waals surface area contributed by atoms with E-state index in [1.807, 2.05) is 42.4 Å². The standard InChI is InChI=1S/C16H21N7/c1-11-13(17)4-3-7-22(11)16-15-5-6-18-23(15)10-14(20-16)12-8-19-21(2)9-12/h5-6,8-11,13H,3-4,7,17H2,1-2H3. The van der Waals surface area contributed by atoms with Crippen LogP contribution >= 0.6 is 0 Å². The molecule has 23 heavy (non-hydrogen) atoms. The first-order chi connectivity index (χ1) is 11.1. The summed E-state index contributed by atoms with van der Waals surface area (Å²) in [6.45, 7) is 3.15. The van der Waals surface area contributed by atoms with E-state index in [4.69, 9.17) is 10.7 Å². The van der Waals surface area contributed by atoms with Crippen LogP contribution in [0.5, 0.6) is 0 Å². The van der Waals surface area contributed by atoms with Crippen LogP contribution in [0.1, 0.15) is 19.8 Å². The number of nitrogens with two attached hydrogens (primary N) is 1. The van der Waals surface area contributed by atoms with Crippen molar-refractivity contribution in [2.75, 3.05) is 11.4 Å². The fourth-order valence-corrected chi connectivity index (χ4v) is 3.29. The Labute approximate surface area is 134 Å². The second-order valence-corrected chi connectivity index (χ2v) is 6.25. The fraction of sp³-hybridized carbons (Fsp3) is 0.438. The highest BCUT2D eigenvalue weighted by molar-refractivity contribution is 5.73. The molecule has 2 unspecified atom stereocenters. The van der Waals surface area contributed by atoms with Gasteiger partial charge in [0, 0.05) is 37.4 Å². The van der Waals surface area contributed by atoms with Crippen molar-refractivity contribution < 1.29 is 0 Å². The maximum absolute atomic E-state index is 6.27. The summed E-state index contributed by atoms with van der Waals surface area (Å²) in [5.74, 6) is 0.950. The average Bonchev–Trinajstić information content (AvgIpc) is 3.17. The second-order valence-electron chi connectivity index (χ2n) is 6.25. The van der Waals surface area contributed by atoms with Gasteiger partial charge < -0.3 is 10.6 Å². The lowest BCUT2D eigenvalue weighted by Crippen LogP contribution is -2.51. The summed E-state index contributed by atoms with van der Waals surface area (Å²) in [6, 6.07) is 2.44. The van der Waals surface area contributed by atoms with Gasteiger partial charge in [-0.05, 0) is 25.8 Å². The number of hydrogen-bond acceptors (Lipinski definition) is 5. The molecule has 1 saturated heterocycles. The Hall–Kier alpha value is -2.41. The molecule has 4 rings (SSSR count). The van der Waals surface area contributed by atoms with Crippen molar-refractivity contribution in [3.8, 4) is 11.3 Å². The van der Waals surface area contributed by atoms with E-state index in [1.165, 1.54) is 0 Å². The molecular weight excluding hydrogens is 290 g/mol. The summed E-state index contributed by atoms with van der Waals surface area (Å²) in [7, 11) is 1.91. The summed E-state index contributed by atoms with van der Waals surface area (Å²) in [6.07, 6.45) is 9.70. The predicted octanol–water partition coefficient (Wildman–Crippen LogP) is 1.45.